The van der Waals surface area contributed by atoms with E-state index in [1.807, 2.05) is 16.8 Å². The molecule has 2 heterocycles. The first-order valence-corrected chi connectivity index (χ1v) is 8.06. The van der Waals surface area contributed by atoms with Crippen LogP contribution in [0, 0.1) is 4.77 Å². The van der Waals surface area contributed by atoms with Crippen LogP contribution >= 0.6 is 35.2 Å². The van der Waals surface area contributed by atoms with Crippen molar-refractivity contribution in [3.63, 3.8) is 0 Å². The van der Waals surface area contributed by atoms with Crippen LogP contribution in [0.3, 0.4) is 0 Å². The number of H-pyrrole nitrogens is 1. The lowest BCUT2D eigenvalue weighted by molar-refractivity contribution is 0.290. The largest absolute Gasteiger partial charge is 0.486 e. The van der Waals surface area contributed by atoms with Gasteiger partial charge in [-0.3, -0.25) is 0 Å². The number of nitrogens with zero attached hydrogens (tertiary/aromatic N) is 3. The number of nitrogens with one attached hydrogen (secondary N) is 1. The number of benzene rings is 1. The highest BCUT2D eigenvalue weighted by Gasteiger charge is 2.06. The molecule has 0 saturated heterocycles. The predicted octanol–water partition coefficient (Wildman–Crippen LogP) is 4.12. The van der Waals surface area contributed by atoms with Gasteiger partial charge in [0.15, 0.2) is 5.82 Å². The topological polar surface area (TPSA) is 55.2 Å². The number of halogens is 1. The van der Waals surface area contributed by atoms with Crippen LogP contribution in [-0.4, -0.2) is 21.1 Å². The third-order valence-corrected chi connectivity index (χ3v) is 3.98. The standard InChI is InChI=1S/C14H11ClN4OS2/c15-11-1-3-12(4-2-11)20-8-13-17-18-14(21)19(13)16-7-10-5-6-22-9-10/h1-7,9H,8H2,(H,18,21)/b16-7-. The molecule has 0 aliphatic heterocycles. The Hall–Kier alpha value is -1.96. The zero-order chi connectivity index (χ0) is 15.4. The number of ether oxygens (including phenoxy) is 1. The fourth-order valence-corrected chi connectivity index (χ4v) is 2.62. The third-order valence-electron chi connectivity index (χ3n) is 2.76. The van der Waals surface area contributed by atoms with Gasteiger partial charge in [-0.2, -0.15) is 26.2 Å². The molecule has 1 N–H and O–H groups in total. The van der Waals surface area contributed by atoms with E-state index < -0.39 is 0 Å². The maximum Gasteiger partial charge on any atom is 0.216 e. The summed E-state index contributed by atoms with van der Waals surface area (Å²) in [6.45, 7) is 0.246. The number of thiophene rings is 1. The minimum Gasteiger partial charge on any atom is -0.486 e. The van der Waals surface area contributed by atoms with E-state index in [0.717, 1.165) is 5.56 Å². The van der Waals surface area contributed by atoms with E-state index in [-0.39, 0.29) is 6.61 Å². The second kappa shape index (κ2) is 6.87. The fraction of sp³-hybridized carbons (Fsp3) is 0.0714. The molecule has 2 aromatic heterocycles. The highest BCUT2D eigenvalue weighted by atomic mass is 35.5. The summed E-state index contributed by atoms with van der Waals surface area (Å²) in [4.78, 5) is 0. The minimum atomic E-state index is 0.246. The fourth-order valence-electron chi connectivity index (χ4n) is 1.69. The van der Waals surface area contributed by atoms with Crippen LogP contribution in [0.4, 0.5) is 0 Å². The Morgan fingerprint density at radius 2 is 2.18 bits per heavy atom. The van der Waals surface area contributed by atoms with Gasteiger partial charge in [-0.25, -0.2) is 5.10 Å². The average molecular weight is 351 g/mol. The van der Waals surface area contributed by atoms with Gasteiger partial charge in [-0.05, 0) is 53.3 Å². The molecule has 0 aliphatic carbocycles. The van der Waals surface area contributed by atoms with Gasteiger partial charge in [-0.15, -0.1) is 0 Å². The Kier molecular flexibility index (Phi) is 4.67. The molecule has 22 heavy (non-hydrogen) atoms. The minimum absolute atomic E-state index is 0.246. The maximum atomic E-state index is 5.84. The Balaban J connectivity index is 1.74. The zero-order valence-corrected chi connectivity index (χ0v) is 13.7. The van der Waals surface area contributed by atoms with Gasteiger partial charge in [0.1, 0.15) is 12.4 Å². The van der Waals surface area contributed by atoms with E-state index in [2.05, 4.69) is 15.3 Å². The first kappa shape index (κ1) is 15.0. The van der Waals surface area contributed by atoms with Crippen molar-refractivity contribution in [1.82, 2.24) is 14.9 Å². The Labute approximate surface area is 140 Å². The van der Waals surface area contributed by atoms with Gasteiger partial charge >= 0.3 is 0 Å². The van der Waals surface area contributed by atoms with Crippen LogP contribution in [0.2, 0.25) is 5.02 Å². The monoisotopic (exact) mass is 350 g/mol. The molecule has 3 aromatic rings. The van der Waals surface area contributed by atoms with Gasteiger partial charge in [0.05, 0.1) is 6.21 Å². The molecule has 0 atom stereocenters. The Morgan fingerprint density at radius 3 is 2.91 bits per heavy atom. The number of aromatic amines is 1. The number of hydrogen-bond donors (Lipinski definition) is 1. The van der Waals surface area contributed by atoms with Crippen molar-refractivity contribution >= 4 is 41.4 Å². The predicted molar refractivity (Wildman–Crippen MR) is 90.5 cm³/mol. The van der Waals surface area contributed by atoms with Crippen molar-refractivity contribution in [2.45, 2.75) is 6.61 Å². The van der Waals surface area contributed by atoms with E-state index in [1.165, 1.54) is 0 Å². The summed E-state index contributed by atoms with van der Waals surface area (Å²) in [6.07, 6.45) is 1.73. The maximum absolute atomic E-state index is 5.84. The second-order valence-corrected chi connectivity index (χ2v) is 5.90. The van der Waals surface area contributed by atoms with Crippen LogP contribution in [0.15, 0.2) is 46.2 Å². The molecular weight excluding hydrogens is 340 g/mol. The van der Waals surface area contributed by atoms with E-state index in [9.17, 15) is 0 Å². The van der Waals surface area contributed by atoms with Gasteiger partial charge in [-0.1, -0.05) is 11.6 Å². The Morgan fingerprint density at radius 1 is 1.36 bits per heavy atom. The van der Waals surface area contributed by atoms with Gasteiger partial charge in [0.25, 0.3) is 0 Å². The third kappa shape index (κ3) is 3.62. The van der Waals surface area contributed by atoms with Crippen LogP contribution in [-0.2, 0) is 6.61 Å². The molecule has 0 bridgehead atoms. The van der Waals surface area contributed by atoms with Crippen LogP contribution in [0.25, 0.3) is 0 Å². The van der Waals surface area contributed by atoms with Crippen molar-refractivity contribution in [2.24, 2.45) is 5.10 Å². The van der Waals surface area contributed by atoms with Crippen molar-refractivity contribution in [2.75, 3.05) is 0 Å². The second-order valence-electron chi connectivity index (χ2n) is 4.30. The molecule has 0 spiro atoms. The molecule has 0 unspecified atom stereocenters. The van der Waals surface area contributed by atoms with Gasteiger partial charge in [0.2, 0.25) is 4.77 Å². The Bertz CT molecular complexity index is 821. The molecule has 3 rings (SSSR count). The summed E-state index contributed by atoms with van der Waals surface area (Å²) in [5.74, 6) is 1.29. The van der Waals surface area contributed by atoms with E-state index in [4.69, 9.17) is 28.6 Å². The normalized spacial score (nSPS) is 11.1. The van der Waals surface area contributed by atoms with Crippen molar-refractivity contribution in [3.05, 3.63) is 62.3 Å². The number of aromatic nitrogens is 3. The molecule has 0 amide bonds. The van der Waals surface area contributed by atoms with Crippen molar-refractivity contribution in [1.29, 1.82) is 0 Å². The summed E-state index contributed by atoms with van der Waals surface area (Å²) in [5, 5.41) is 15.8. The molecule has 8 heteroatoms. The molecule has 0 saturated carbocycles. The molecule has 0 radical (unpaired) electrons. The molecular formula is C14H11ClN4OS2. The highest BCUT2D eigenvalue weighted by molar-refractivity contribution is 7.71. The summed E-state index contributed by atoms with van der Waals surface area (Å²) in [6, 6.07) is 9.10. The zero-order valence-electron chi connectivity index (χ0n) is 11.3. The molecule has 112 valence electrons. The number of rotatable bonds is 5. The summed E-state index contributed by atoms with van der Waals surface area (Å²) in [5.41, 5.74) is 1.01. The lowest BCUT2D eigenvalue weighted by Gasteiger charge is -2.05. The smallest absolute Gasteiger partial charge is 0.216 e. The quantitative estimate of drug-likeness (QED) is 0.556. The summed E-state index contributed by atoms with van der Waals surface area (Å²) >= 11 is 12.6. The van der Waals surface area contributed by atoms with Gasteiger partial charge in [0, 0.05) is 10.6 Å². The SMILES string of the molecule is S=c1[nH]nc(COc2ccc(Cl)cc2)n1/N=C\c1ccsc1. The molecule has 0 aliphatic rings. The molecule has 1 aromatic carbocycles. The molecule has 5 nitrogen and oxygen atoms in total. The van der Waals surface area contributed by atoms with Crippen molar-refractivity contribution in [3.8, 4) is 5.75 Å². The van der Waals surface area contributed by atoms with Crippen LogP contribution < -0.4 is 4.74 Å². The van der Waals surface area contributed by atoms with Crippen LogP contribution in [0.1, 0.15) is 11.4 Å². The van der Waals surface area contributed by atoms with E-state index in [0.29, 0.717) is 21.4 Å². The lowest BCUT2D eigenvalue weighted by atomic mass is 10.3. The lowest BCUT2D eigenvalue weighted by Crippen LogP contribution is -2.04. The summed E-state index contributed by atoms with van der Waals surface area (Å²) < 4.78 is 7.62. The van der Waals surface area contributed by atoms with Crippen molar-refractivity contribution < 1.29 is 4.74 Å². The molecule has 0 fully saturated rings. The average Bonchev–Trinajstić information content (AvgIpc) is 3.15. The first-order chi connectivity index (χ1) is 10.7. The first-order valence-electron chi connectivity index (χ1n) is 6.33. The number of hydrogen-bond acceptors (Lipinski definition) is 5. The van der Waals surface area contributed by atoms with E-state index >= 15 is 0 Å². The summed E-state index contributed by atoms with van der Waals surface area (Å²) in [7, 11) is 0. The van der Waals surface area contributed by atoms with Crippen LogP contribution in [0.5, 0.6) is 5.75 Å². The highest BCUT2D eigenvalue weighted by Crippen LogP contribution is 2.16. The van der Waals surface area contributed by atoms with E-state index in [1.54, 1.807) is 46.5 Å². The van der Waals surface area contributed by atoms with Gasteiger partial charge < -0.3 is 4.74 Å².